The molecule has 1 saturated heterocycles. The van der Waals surface area contributed by atoms with Crippen LogP contribution in [0.1, 0.15) is 22.7 Å². The number of carbonyl (C=O) groups is 2. The number of methoxy groups -OCH3 is 5. The van der Waals surface area contributed by atoms with Gasteiger partial charge in [0.15, 0.2) is 23.0 Å². The Balaban J connectivity index is 1.95. The average Bonchev–Trinajstić information content (AvgIpc) is 3.20. The van der Waals surface area contributed by atoms with Gasteiger partial charge < -0.3 is 33.7 Å². The molecule has 10 nitrogen and oxygen atoms in total. The van der Waals surface area contributed by atoms with Gasteiger partial charge in [-0.2, -0.15) is 0 Å². The SMILES string of the molecule is COc1ccc(/C(O)=C2\C(=O)C(=O)N(Cc3ccncc3)C2c2cc(OC)c(OC)c(OC)c2)cc1OC. The molecule has 2 aromatic carbocycles. The number of benzene rings is 2. The minimum atomic E-state index is -0.968. The van der Waals surface area contributed by atoms with E-state index < -0.39 is 17.7 Å². The first-order valence-corrected chi connectivity index (χ1v) is 11.6. The van der Waals surface area contributed by atoms with Crippen LogP contribution in [0, 0.1) is 0 Å². The molecule has 0 bridgehead atoms. The summed E-state index contributed by atoms with van der Waals surface area (Å²) in [7, 11) is 7.38. The smallest absolute Gasteiger partial charge is 0.295 e. The number of hydrogen-bond donors (Lipinski definition) is 1. The number of ether oxygens (including phenoxy) is 5. The Morgan fingerprint density at radius 1 is 0.816 bits per heavy atom. The molecule has 1 amide bonds. The molecule has 0 saturated carbocycles. The van der Waals surface area contributed by atoms with Gasteiger partial charge in [-0.1, -0.05) is 0 Å². The molecule has 1 aliphatic heterocycles. The fraction of sp³-hybridized carbons (Fsp3) is 0.250. The Hall–Kier alpha value is -4.73. The maximum absolute atomic E-state index is 13.4. The standard InChI is InChI=1S/C28H28N2O8/c1-34-19-7-6-17(12-20(19)35-2)25(31)23-24(18-13-21(36-3)27(38-5)22(14-18)37-4)30(28(33)26(23)32)15-16-8-10-29-11-9-16/h6-14,24,31H,15H2,1-5H3/b25-23+. The zero-order chi connectivity index (χ0) is 27.4. The number of carbonyl (C=O) groups excluding carboxylic acids is 2. The van der Waals surface area contributed by atoms with Crippen LogP contribution in [0.2, 0.25) is 0 Å². The molecular weight excluding hydrogens is 492 g/mol. The lowest BCUT2D eigenvalue weighted by Gasteiger charge is -2.26. The van der Waals surface area contributed by atoms with Crippen molar-refractivity contribution in [2.75, 3.05) is 35.5 Å². The zero-order valence-corrected chi connectivity index (χ0v) is 21.7. The number of rotatable bonds is 9. The quantitative estimate of drug-likeness (QED) is 0.256. The first-order chi connectivity index (χ1) is 18.4. The van der Waals surface area contributed by atoms with Crippen molar-refractivity contribution in [2.24, 2.45) is 0 Å². The fourth-order valence-corrected chi connectivity index (χ4v) is 4.47. The number of Topliss-reactive ketones (excluding diaryl/α,β-unsaturated/α-hetero) is 1. The van der Waals surface area contributed by atoms with Crippen LogP contribution in [0.25, 0.3) is 5.76 Å². The summed E-state index contributed by atoms with van der Waals surface area (Å²) < 4.78 is 27.1. The third-order valence-electron chi connectivity index (χ3n) is 6.30. The van der Waals surface area contributed by atoms with Gasteiger partial charge in [0, 0.05) is 24.5 Å². The first kappa shape index (κ1) is 26.3. The summed E-state index contributed by atoms with van der Waals surface area (Å²) >= 11 is 0. The summed E-state index contributed by atoms with van der Waals surface area (Å²) in [6, 6.07) is 10.6. The van der Waals surface area contributed by atoms with Crippen molar-refractivity contribution in [3.8, 4) is 28.7 Å². The highest BCUT2D eigenvalue weighted by Crippen LogP contribution is 2.46. The molecular formula is C28H28N2O8. The van der Waals surface area contributed by atoms with Gasteiger partial charge in [-0.25, -0.2) is 0 Å². The van der Waals surface area contributed by atoms with Crippen molar-refractivity contribution < 1.29 is 38.4 Å². The van der Waals surface area contributed by atoms with Crippen LogP contribution in [-0.4, -0.2) is 62.2 Å². The first-order valence-electron chi connectivity index (χ1n) is 11.6. The van der Waals surface area contributed by atoms with Gasteiger partial charge in [0.25, 0.3) is 11.7 Å². The van der Waals surface area contributed by atoms with E-state index in [4.69, 9.17) is 23.7 Å². The molecule has 2 heterocycles. The summed E-state index contributed by atoms with van der Waals surface area (Å²) in [4.78, 5) is 32.2. The summed E-state index contributed by atoms with van der Waals surface area (Å²) in [6.45, 7) is 0.0944. The Bertz CT molecular complexity index is 1360. The third kappa shape index (κ3) is 4.68. The van der Waals surface area contributed by atoms with E-state index in [-0.39, 0.29) is 23.4 Å². The minimum Gasteiger partial charge on any atom is -0.507 e. The molecule has 3 aromatic rings. The van der Waals surface area contributed by atoms with E-state index in [0.717, 1.165) is 5.56 Å². The maximum Gasteiger partial charge on any atom is 0.295 e. The molecule has 1 N–H and O–H groups in total. The molecule has 0 spiro atoms. The number of ketones is 1. The Kier molecular flexibility index (Phi) is 7.71. The number of hydrogen-bond acceptors (Lipinski definition) is 9. The van der Waals surface area contributed by atoms with Gasteiger partial charge in [0.05, 0.1) is 47.2 Å². The molecule has 1 aliphatic rings. The third-order valence-corrected chi connectivity index (χ3v) is 6.30. The van der Waals surface area contributed by atoms with Crippen molar-refractivity contribution in [3.63, 3.8) is 0 Å². The number of aliphatic hydroxyl groups excluding tert-OH is 1. The predicted molar refractivity (Wildman–Crippen MR) is 138 cm³/mol. The summed E-state index contributed by atoms with van der Waals surface area (Å²) in [6.07, 6.45) is 3.20. The van der Waals surface area contributed by atoms with Crippen LogP contribution in [0.15, 0.2) is 60.4 Å². The normalized spacial score (nSPS) is 16.3. The monoisotopic (exact) mass is 520 g/mol. The minimum absolute atomic E-state index is 0.0921. The number of pyridine rings is 1. The van der Waals surface area contributed by atoms with Crippen LogP contribution in [0.5, 0.6) is 28.7 Å². The molecule has 0 aliphatic carbocycles. The fourth-order valence-electron chi connectivity index (χ4n) is 4.47. The van der Waals surface area contributed by atoms with Gasteiger partial charge in [-0.15, -0.1) is 0 Å². The van der Waals surface area contributed by atoms with E-state index in [1.165, 1.54) is 46.5 Å². The second-order valence-electron chi connectivity index (χ2n) is 8.31. The molecule has 1 atom stereocenters. The molecule has 10 heteroatoms. The number of aliphatic hydroxyl groups is 1. The largest absolute Gasteiger partial charge is 0.507 e. The lowest BCUT2D eigenvalue weighted by molar-refractivity contribution is -0.140. The molecule has 198 valence electrons. The maximum atomic E-state index is 13.4. The summed E-state index contributed by atoms with van der Waals surface area (Å²) in [5.41, 5.74) is 1.42. The molecule has 1 fully saturated rings. The van der Waals surface area contributed by atoms with Crippen LogP contribution in [-0.2, 0) is 16.1 Å². The Morgan fingerprint density at radius 2 is 1.42 bits per heavy atom. The van der Waals surface area contributed by atoms with Crippen LogP contribution in [0.3, 0.4) is 0 Å². The zero-order valence-electron chi connectivity index (χ0n) is 21.7. The van der Waals surface area contributed by atoms with Gasteiger partial charge in [-0.05, 0) is 53.6 Å². The predicted octanol–water partition coefficient (Wildman–Crippen LogP) is 3.75. The summed E-state index contributed by atoms with van der Waals surface area (Å²) in [5, 5.41) is 11.4. The highest BCUT2D eigenvalue weighted by atomic mass is 16.5. The van der Waals surface area contributed by atoms with Gasteiger partial charge >= 0.3 is 0 Å². The van der Waals surface area contributed by atoms with Crippen molar-refractivity contribution in [3.05, 3.63) is 77.1 Å². The van der Waals surface area contributed by atoms with Crippen LogP contribution in [0.4, 0.5) is 0 Å². The molecule has 1 aromatic heterocycles. The van der Waals surface area contributed by atoms with E-state index in [1.807, 2.05) is 0 Å². The second-order valence-corrected chi connectivity index (χ2v) is 8.31. The lowest BCUT2D eigenvalue weighted by Crippen LogP contribution is -2.29. The topological polar surface area (TPSA) is 117 Å². The van der Waals surface area contributed by atoms with Gasteiger partial charge in [0.2, 0.25) is 5.75 Å². The van der Waals surface area contributed by atoms with Gasteiger partial charge in [0.1, 0.15) is 5.76 Å². The number of amides is 1. The van der Waals surface area contributed by atoms with Crippen molar-refractivity contribution in [2.45, 2.75) is 12.6 Å². The number of nitrogens with zero attached hydrogens (tertiary/aromatic N) is 2. The highest BCUT2D eigenvalue weighted by molar-refractivity contribution is 6.46. The van der Waals surface area contributed by atoms with E-state index >= 15 is 0 Å². The average molecular weight is 521 g/mol. The van der Waals surface area contributed by atoms with Crippen molar-refractivity contribution in [1.82, 2.24) is 9.88 Å². The second kappa shape index (κ2) is 11.1. The summed E-state index contributed by atoms with van der Waals surface area (Å²) in [5.74, 6) is -0.127. The van der Waals surface area contributed by atoms with E-state index in [9.17, 15) is 14.7 Å². The number of likely N-dealkylation sites (tertiary alicyclic amines) is 1. The van der Waals surface area contributed by atoms with Crippen LogP contribution < -0.4 is 23.7 Å². The van der Waals surface area contributed by atoms with Crippen molar-refractivity contribution >= 4 is 17.4 Å². The molecule has 4 rings (SSSR count). The highest BCUT2D eigenvalue weighted by Gasteiger charge is 2.46. The number of aromatic nitrogens is 1. The molecule has 38 heavy (non-hydrogen) atoms. The Labute approximate surface area is 220 Å². The van der Waals surface area contributed by atoms with Crippen LogP contribution >= 0.6 is 0 Å². The van der Waals surface area contributed by atoms with E-state index in [1.54, 1.807) is 48.8 Å². The Morgan fingerprint density at radius 3 is 1.97 bits per heavy atom. The van der Waals surface area contributed by atoms with Crippen molar-refractivity contribution in [1.29, 1.82) is 0 Å². The van der Waals surface area contributed by atoms with E-state index in [0.29, 0.717) is 34.3 Å². The molecule has 0 radical (unpaired) electrons. The molecule has 1 unspecified atom stereocenters. The van der Waals surface area contributed by atoms with E-state index in [2.05, 4.69) is 4.98 Å². The lowest BCUT2D eigenvalue weighted by atomic mass is 9.94. The van der Waals surface area contributed by atoms with Gasteiger partial charge in [-0.3, -0.25) is 14.6 Å².